The molecule has 3 rings (SSSR count). The summed E-state index contributed by atoms with van der Waals surface area (Å²) in [5.41, 5.74) is 2.10. The monoisotopic (exact) mass is 374 g/mol. The van der Waals surface area contributed by atoms with Crippen molar-refractivity contribution in [2.75, 3.05) is 21.1 Å². The number of fused-ring (bicyclic) bond motifs is 1. The van der Waals surface area contributed by atoms with Gasteiger partial charge in [-0.25, -0.2) is 18.8 Å². The summed E-state index contributed by atoms with van der Waals surface area (Å²) in [5, 5.41) is 10.6. The molecule has 6 nitrogen and oxygen atoms in total. The van der Waals surface area contributed by atoms with E-state index in [0.717, 1.165) is 17.0 Å². The number of aromatic nitrogens is 2. The van der Waals surface area contributed by atoms with Crippen molar-refractivity contribution in [1.82, 2.24) is 19.5 Å². The van der Waals surface area contributed by atoms with Crippen LogP contribution < -0.4 is 0 Å². The van der Waals surface area contributed by atoms with Crippen LogP contribution in [-0.4, -0.2) is 51.8 Å². The zero-order valence-corrected chi connectivity index (χ0v) is 15.3. The Morgan fingerprint density at radius 2 is 1.93 bits per heavy atom. The van der Waals surface area contributed by atoms with Crippen LogP contribution in [0.15, 0.2) is 36.7 Å². The molecule has 0 atom stereocenters. The smallest absolute Gasteiger partial charge is 0.295 e. The van der Waals surface area contributed by atoms with Crippen molar-refractivity contribution in [2.24, 2.45) is 0 Å². The lowest BCUT2D eigenvalue weighted by Crippen LogP contribution is -2.23. The third kappa shape index (κ3) is 3.96. The molecule has 1 amide bonds. The van der Waals surface area contributed by atoms with Crippen LogP contribution in [0.1, 0.15) is 21.6 Å². The third-order valence-corrected chi connectivity index (χ3v) is 4.21. The van der Waals surface area contributed by atoms with Crippen LogP contribution in [0.25, 0.3) is 10.9 Å². The maximum atomic E-state index is 14.1. The van der Waals surface area contributed by atoms with Crippen molar-refractivity contribution in [2.45, 2.75) is 13.1 Å². The molecule has 8 heteroatoms. The van der Waals surface area contributed by atoms with Crippen molar-refractivity contribution >= 4 is 16.8 Å². The van der Waals surface area contributed by atoms with Gasteiger partial charge in [0.2, 0.25) is 0 Å². The molecule has 1 aromatic carbocycles. The Labute approximate surface area is 155 Å². The second-order valence-electron chi connectivity index (χ2n) is 6.67. The van der Waals surface area contributed by atoms with Crippen molar-refractivity contribution in [3.8, 4) is 0 Å². The highest BCUT2D eigenvalue weighted by molar-refractivity contribution is 5.96. The molecule has 0 spiro atoms. The molecule has 1 N–H and O–H groups in total. The Balaban J connectivity index is 2.08. The second-order valence-corrected chi connectivity index (χ2v) is 6.67. The molecule has 2 heterocycles. The lowest BCUT2D eigenvalue weighted by atomic mass is 10.1. The summed E-state index contributed by atoms with van der Waals surface area (Å²) in [6.45, 7) is 0.799. The largest absolute Gasteiger partial charge is 0.341 e. The van der Waals surface area contributed by atoms with Gasteiger partial charge in [0.1, 0.15) is 17.3 Å². The number of pyridine rings is 1. The quantitative estimate of drug-likeness (QED) is 0.551. The molecule has 27 heavy (non-hydrogen) atoms. The van der Waals surface area contributed by atoms with Crippen molar-refractivity contribution in [3.05, 3.63) is 65.1 Å². The maximum absolute atomic E-state index is 14.1. The van der Waals surface area contributed by atoms with Gasteiger partial charge in [0, 0.05) is 36.8 Å². The summed E-state index contributed by atoms with van der Waals surface area (Å²) >= 11 is 0. The van der Waals surface area contributed by atoms with Gasteiger partial charge in [-0.2, -0.15) is 0 Å². The zero-order valence-electron chi connectivity index (χ0n) is 15.3. The van der Waals surface area contributed by atoms with E-state index < -0.39 is 17.5 Å². The highest BCUT2D eigenvalue weighted by Gasteiger charge is 2.17. The number of hydrogen-bond acceptors (Lipinski definition) is 4. The predicted molar refractivity (Wildman–Crippen MR) is 96.5 cm³/mol. The molecule has 3 aromatic rings. The fourth-order valence-electron chi connectivity index (χ4n) is 2.98. The fraction of sp³-hybridized carbons (Fsp3) is 0.263. The predicted octanol–water partition coefficient (Wildman–Crippen LogP) is 2.89. The van der Waals surface area contributed by atoms with E-state index in [4.69, 9.17) is 0 Å². The van der Waals surface area contributed by atoms with Crippen LogP contribution in [0.2, 0.25) is 0 Å². The molecule has 0 aliphatic rings. The van der Waals surface area contributed by atoms with Crippen LogP contribution in [-0.2, 0) is 13.1 Å². The van der Waals surface area contributed by atoms with Crippen LogP contribution >= 0.6 is 0 Å². The number of carbonyl (C=O) groups excluding carboxylic acids is 1. The molecule has 0 aliphatic heterocycles. The molecule has 0 unspecified atom stereocenters. The standard InChI is InChI=1S/C19H20F2N4O2/c1-23(2)9-13-11-25(10-12-4-5-14(20)6-16(12)21)18-8-22-17(7-15(13)18)19(26)24(3)27/h4-8,11,27H,9-10H2,1-3H3. The summed E-state index contributed by atoms with van der Waals surface area (Å²) in [4.78, 5) is 18.1. The molecule has 0 aliphatic carbocycles. The number of nitrogens with zero attached hydrogens (tertiary/aromatic N) is 4. The highest BCUT2D eigenvalue weighted by Crippen LogP contribution is 2.25. The normalized spacial score (nSPS) is 11.4. The molecule has 142 valence electrons. The van der Waals surface area contributed by atoms with Crippen molar-refractivity contribution in [1.29, 1.82) is 0 Å². The van der Waals surface area contributed by atoms with Crippen LogP contribution in [0.3, 0.4) is 0 Å². The van der Waals surface area contributed by atoms with E-state index in [2.05, 4.69) is 4.98 Å². The number of amides is 1. The number of hydrogen-bond donors (Lipinski definition) is 1. The van der Waals surface area contributed by atoms with Gasteiger partial charge in [0.05, 0.1) is 18.3 Å². The Hall–Kier alpha value is -2.84. The Morgan fingerprint density at radius 3 is 2.56 bits per heavy atom. The first-order chi connectivity index (χ1) is 12.8. The van der Waals surface area contributed by atoms with Crippen LogP contribution in [0.4, 0.5) is 8.78 Å². The number of halogens is 2. The van der Waals surface area contributed by atoms with E-state index in [1.54, 1.807) is 6.07 Å². The van der Waals surface area contributed by atoms with E-state index in [-0.39, 0.29) is 12.2 Å². The van der Waals surface area contributed by atoms with Gasteiger partial charge in [0.15, 0.2) is 0 Å². The molecule has 0 fully saturated rings. The minimum atomic E-state index is -0.625. The van der Waals surface area contributed by atoms with E-state index in [9.17, 15) is 18.8 Å². The van der Waals surface area contributed by atoms with Gasteiger partial charge >= 0.3 is 0 Å². The van der Waals surface area contributed by atoms with Gasteiger partial charge in [-0.3, -0.25) is 10.0 Å². The highest BCUT2D eigenvalue weighted by atomic mass is 19.1. The molecular weight excluding hydrogens is 354 g/mol. The Bertz CT molecular complexity index is 999. The SMILES string of the molecule is CN(C)Cc1cn(Cc2ccc(F)cc2F)c2cnc(C(=O)N(C)O)cc12. The van der Waals surface area contributed by atoms with Crippen molar-refractivity contribution in [3.63, 3.8) is 0 Å². The van der Waals surface area contributed by atoms with E-state index >= 15 is 0 Å². The van der Waals surface area contributed by atoms with E-state index in [1.165, 1.54) is 25.4 Å². The van der Waals surface area contributed by atoms with Gasteiger partial charge in [0.25, 0.3) is 5.91 Å². The molecule has 0 bridgehead atoms. The number of hydroxylamine groups is 2. The topological polar surface area (TPSA) is 61.6 Å². The van der Waals surface area contributed by atoms with Gasteiger partial charge in [-0.05, 0) is 31.8 Å². The molecule has 0 radical (unpaired) electrons. The minimum Gasteiger partial charge on any atom is -0.341 e. The number of carbonyl (C=O) groups is 1. The molecule has 2 aromatic heterocycles. The van der Waals surface area contributed by atoms with E-state index in [0.29, 0.717) is 22.7 Å². The summed E-state index contributed by atoms with van der Waals surface area (Å²) in [5.74, 6) is -1.86. The van der Waals surface area contributed by atoms with Crippen LogP contribution in [0, 0.1) is 11.6 Å². The van der Waals surface area contributed by atoms with Gasteiger partial charge in [-0.15, -0.1) is 0 Å². The Morgan fingerprint density at radius 1 is 1.19 bits per heavy atom. The maximum Gasteiger partial charge on any atom is 0.295 e. The van der Waals surface area contributed by atoms with Gasteiger partial charge in [-0.1, -0.05) is 6.07 Å². The summed E-state index contributed by atoms with van der Waals surface area (Å²) in [6.07, 6.45) is 3.39. The number of benzene rings is 1. The molecule has 0 saturated carbocycles. The Kier molecular flexibility index (Phi) is 5.20. The van der Waals surface area contributed by atoms with Crippen LogP contribution in [0.5, 0.6) is 0 Å². The van der Waals surface area contributed by atoms with Crippen molar-refractivity contribution < 1.29 is 18.8 Å². The minimum absolute atomic E-state index is 0.109. The summed E-state index contributed by atoms with van der Waals surface area (Å²) in [7, 11) is 5.06. The summed E-state index contributed by atoms with van der Waals surface area (Å²) in [6, 6.07) is 5.10. The van der Waals surface area contributed by atoms with Gasteiger partial charge < -0.3 is 9.47 Å². The van der Waals surface area contributed by atoms with E-state index in [1.807, 2.05) is 29.8 Å². The first kappa shape index (κ1) is 18.9. The lowest BCUT2D eigenvalue weighted by Gasteiger charge is -2.10. The molecule has 0 saturated heterocycles. The first-order valence-corrected chi connectivity index (χ1v) is 8.29. The number of rotatable bonds is 5. The third-order valence-electron chi connectivity index (χ3n) is 4.21. The lowest BCUT2D eigenvalue weighted by molar-refractivity contribution is -0.0379. The average Bonchev–Trinajstić information content (AvgIpc) is 2.93. The summed E-state index contributed by atoms with van der Waals surface area (Å²) < 4.78 is 29.0. The zero-order chi connectivity index (χ0) is 19.7. The second kappa shape index (κ2) is 7.42. The average molecular weight is 374 g/mol. The first-order valence-electron chi connectivity index (χ1n) is 8.29. The molecular formula is C19H20F2N4O2. The fourth-order valence-corrected chi connectivity index (χ4v) is 2.98.